The fraction of sp³-hybridized carbons (Fsp3) is 0.154. The van der Waals surface area contributed by atoms with Gasteiger partial charge in [0, 0.05) is 16.7 Å². The predicted octanol–water partition coefficient (Wildman–Crippen LogP) is 2.54. The molecule has 0 aliphatic carbocycles. The zero-order chi connectivity index (χ0) is 13.8. The molecule has 0 aliphatic rings. The van der Waals surface area contributed by atoms with Crippen LogP contribution in [0.3, 0.4) is 0 Å². The molecule has 0 aliphatic heterocycles. The number of hydrogen-bond donors (Lipinski definition) is 2. The average Bonchev–Trinajstić information content (AvgIpc) is 2.39. The second-order valence-electron chi connectivity index (χ2n) is 3.76. The summed E-state index contributed by atoms with van der Waals surface area (Å²) in [6.07, 6.45) is 1.23. The van der Waals surface area contributed by atoms with E-state index in [9.17, 15) is 4.79 Å². The number of anilines is 1. The molecule has 0 radical (unpaired) electrons. The average molecular weight is 275 g/mol. The van der Waals surface area contributed by atoms with Gasteiger partial charge in [-0.3, -0.25) is 0 Å². The first-order valence-electron chi connectivity index (χ1n) is 5.71. The number of nitrogen functional groups attached to an aromatic ring is 1. The van der Waals surface area contributed by atoms with Gasteiger partial charge < -0.3 is 10.8 Å². The first-order chi connectivity index (χ1) is 9.11. The van der Waals surface area contributed by atoms with Gasteiger partial charge in [-0.15, -0.1) is 11.8 Å². The Morgan fingerprint density at radius 3 is 2.58 bits per heavy atom. The maximum Gasteiger partial charge on any atom is 0.341 e. The minimum absolute atomic E-state index is 0.0236. The van der Waals surface area contributed by atoms with Gasteiger partial charge in [-0.1, -0.05) is 19.1 Å². The van der Waals surface area contributed by atoms with Gasteiger partial charge in [0.2, 0.25) is 0 Å². The molecule has 0 saturated heterocycles. The van der Waals surface area contributed by atoms with Gasteiger partial charge in [0.25, 0.3) is 0 Å². The summed E-state index contributed by atoms with van der Waals surface area (Å²) in [5.74, 6) is 0.287. The zero-order valence-corrected chi connectivity index (χ0v) is 11.1. The van der Waals surface area contributed by atoms with Gasteiger partial charge in [0.15, 0.2) is 5.82 Å². The number of rotatable bonds is 4. The van der Waals surface area contributed by atoms with Crippen LogP contribution in [0.25, 0.3) is 11.4 Å². The minimum atomic E-state index is -1.13. The summed E-state index contributed by atoms with van der Waals surface area (Å²) in [5.41, 5.74) is 6.33. The van der Waals surface area contributed by atoms with Crippen molar-refractivity contribution in [2.24, 2.45) is 0 Å². The molecule has 19 heavy (non-hydrogen) atoms. The Labute approximate surface area is 114 Å². The number of aromatic nitrogens is 2. The molecule has 0 spiro atoms. The third-order valence-electron chi connectivity index (χ3n) is 2.47. The Bertz CT molecular complexity index is 599. The Morgan fingerprint density at radius 1 is 1.37 bits per heavy atom. The molecule has 1 aromatic heterocycles. The van der Waals surface area contributed by atoms with E-state index in [1.165, 1.54) is 11.1 Å². The predicted molar refractivity (Wildman–Crippen MR) is 75.2 cm³/mol. The molecule has 0 fully saturated rings. The summed E-state index contributed by atoms with van der Waals surface area (Å²) < 4.78 is 0. The van der Waals surface area contributed by atoms with Crippen molar-refractivity contribution in [1.29, 1.82) is 0 Å². The Balaban J connectivity index is 2.31. The second-order valence-corrected chi connectivity index (χ2v) is 5.09. The molecule has 0 amide bonds. The summed E-state index contributed by atoms with van der Waals surface area (Å²) in [6.45, 7) is 2.09. The van der Waals surface area contributed by atoms with Crippen LogP contribution in [0.2, 0.25) is 0 Å². The highest BCUT2D eigenvalue weighted by Crippen LogP contribution is 2.22. The van der Waals surface area contributed by atoms with Gasteiger partial charge in [-0.25, -0.2) is 14.8 Å². The molecule has 1 heterocycles. The minimum Gasteiger partial charge on any atom is -0.477 e. The van der Waals surface area contributed by atoms with E-state index in [0.29, 0.717) is 5.82 Å². The molecule has 2 rings (SSSR count). The Hall–Kier alpha value is -2.08. The fourth-order valence-corrected chi connectivity index (χ4v) is 2.23. The molecule has 5 nitrogen and oxygen atoms in total. The van der Waals surface area contributed by atoms with Gasteiger partial charge >= 0.3 is 5.97 Å². The highest BCUT2D eigenvalue weighted by Gasteiger charge is 2.11. The standard InChI is InChI=1S/C13H13N3O2S/c1-2-19-9-5-3-8(4-6-9)12-15-7-10(13(17)18)11(14)16-12/h3-7H,2H2,1H3,(H,17,18)(H2,14,15,16). The largest absolute Gasteiger partial charge is 0.477 e. The number of hydrogen-bond acceptors (Lipinski definition) is 5. The van der Waals surface area contributed by atoms with Crippen molar-refractivity contribution in [2.75, 3.05) is 11.5 Å². The maximum atomic E-state index is 10.8. The summed E-state index contributed by atoms with van der Waals surface area (Å²) >= 11 is 1.75. The summed E-state index contributed by atoms with van der Waals surface area (Å²) in [7, 11) is 0. The van der Waals surface area contributed by atoms with Gasteiger partial charge in [-0.2, -0.15) is 0 Å². The molecule has 0 bridgehead atoms. The van der Waals surface area contributed by atoms with E-state index < -0.39 is 5.97 Å². The van der Waals surface area contributed by atoms with Gasteiger partial charge in [0.05, 0.1) is 0 Å². The Kier molecular flexibility index (Phi) is 4.01. The lowest BCUT2D eigenvalue weighted by atomic mass is 10.2. The lowest BCUT2D eigenvalue weighted by Crippen LogP contribution is -2.06. The zero-order valence-electron chi connectivity index (χ0n) is 10.3. The van der Waals surface area contributed by atoms with Crippen molar-refractivity contribution in [3.8, 4) is 11.4 Å². The number of carboxylic acids is 1. The Morgan fingerprint density at radius 2 is 2.05 bits per heavy atom. The monoisotopic (exact) mass is 275 g/mol. The fourth-order valence-electron chi connectivity index (χ4n) is 1.57. The highest BCUT2D eigenvalue weighted by atomic mass is 32.2. The number of nitrogens with zero attached hydrogens (tertiary/aromatic N) is 2. The quantitative estimate of drug-likeness (QED) is 0.833. The number of thioether (sulfide) groups is 1. The highest BCUT2D eigenvalue weighted by molar-refractivity contribution is 7.99. The van der Waals surface area contributed by atoms with Gasteiger partial charge in [0.1, 0.15) is 11.4 Å². The first-order valence-corrected chi connectivity index (χ1v) is 6.69. The van der Waals surface area contributed by atoms with E-state index in [2.05, 4.69) is 16.9 Å². The van der Waals surface area contributed by atoms with E-state index in [1.54, 1.807) is 11.8 Å². The van der Waals surface area contributed by atoms with Crippen LogP contribution in [0.1, 0.15) is 17.3 Å². The topological polar surface area (TPSA) is 89.1 Å². The molecule has 1 aromatic carbocycles. The molecule has 2 aromatic rings. The van der Waals surface area contributed by atoms with Crippen molar-refractivity contribution in [3.63, 3.8) is 0 Å². The van der Waals surface area contributed by atoms with E-state index in [4.69, 9.17) is 10.8 Å². The van der Waals surface area contributed by atoms with Crippen LogP contribution in [-0.2, 0) is 0 Å². The molecular weight excluding hydrogens is 262 g/mol. The van der Waals surface area contributed by atoms with Crippen LogP contribution in [-0.4, -0.2) is 26.8 Å². The van der Waals surface area contributed by atoms with E-state index >= 15 is 0 Å². The number of nitrogens with two attached hydrogens (primary N) is 1. The second kappa shape index (κ2) is 5.71. The normalized spacial score (nSPS) is 10.4. The van der Waals surface area contributed by atoms with Crippen molar-refractivity contribution in [1.82, 2.24) is 9.97 Å². The van der Waals surface area contributed by atoms with Crippen LogP contribution in [0.15, 0.2) is 35.4 Å². The molecule has 0 unspecified atom stereocenters. The molecule has 0 atom stereocenters. The van der Waals surface area contributed by atoms with Crippen molar-refractivity contribution in [2.45, 2.75) is 11.8 Å². The number of benzene rings is 1. The molecule has 3 N–H and O–H groups in total. The third-order valence-corrected chi connectivity index (χ3v) is 3.37. The number of aromatic carboxylic acids is 1. The third kappa shape index (κ3) is 3.03. The van der Waals surface area contributed by atoms with Crippen LogP contribution in [0.5, 0.6) is 0 Å². The maximum absolute atomic E-state index is 10.8. The molecular formula is C13H13N3O2S. The number of carboxylic acid groups (broad SMARTS) is 1. The first kappa shape index (κ1) is 13.4. The van der Waals surface area contributed by atoms with E-state index in [1.807, 2.05) is 24.3 Å². The van der Waals surface area contributed by atoms with Crippen molar-refractivity contribution < 1.29 is 9.90 Å². The molecule has 98 valence electrons. The van der Waals surface area contributed by atoms with Crippen molar-refractivity contribution in [3.05, 3.63) is 36.0 Å². The summed E-state index contributed by atoms with van der Waals surface area (Å²) in [5, 5.41) is 8.86. The number of carbonyl (C=O) groups is 1. The van der Waals surface area contributed by atoms with Gasteiger partial charge in [-0.05, 0) is 17.9 Å². The SMILES string of the molecule is CCSc1ccc(-c2ncc(C(=O)O)c(N)n2)cc1. The summed E-state index contributed by atoms with van der Waals surface area (Å²) in [4.78, 5) is 20.0. The van der Waals surface area contributed by atoms with Crippen LogP contribution < -0.4 is 5.73 Å². The van der Waals surface area contributed by atoms with Crippen molar-refractivity contribution >= 4 is 23.5 Å². The lowest BCUT2D eigenvalue weighted by molar-refractivity contribution is 0.0697. The summed E-state index contributed by atoms with van der Waals surface area (Å²) in [6, 6.07) is 7.75. The van der Waals surface area contributed by atoms with E-state index in [-0.39, 0.29) is 11.4 Å². The van der Waals surface area contributed by atoms with Crippen LogP contribution in [0, 0.1) is 0 Å². The smallest absolute Gasteiger partial charge is 0.341 e. The lowest BCUT2D eigenvalue weighted by Gasteiger charge is -2.04. The van der Waals surface area contributed by atoms with Crippen LogP contribution >= 0.6 is 11.8 Å². The molecule has 0 saturated carbocycles. The van der Waals surface area contributed by atoms with E-state index in [0.717, 1.165) is 11.3 Å². The van der Waals surface area contributed by atoms with Crippen LogP contribution in [0.4, 0.5) is 5.82 Å². The molecule has 6 heteroatoms.